The van der Waals surface area contributed by atoms with E-state index >= 15 is 0 Å². The third-order valence-electron chi connectivity index (χ3n) is 10.1. The van der Waals surface area contributed by atoms with Crippen molar-refractivity contribution in [1.29, 1.82) is 0 Å². The molecule has 3 nitrogen and oxygen atoms in total. The fourth-order valence-corrected chi connectivity index (χ4v) is 7.51. The first-order valence-corrected chi connectivity index (χ1v) is 17.6. The van der Waals surface area contributed by atoms with Crippen LogP contribution in [-0.4, -0.2) is 15.0 Å². The Morgan fingerprint density at radius 1 is 0.212 bits per heavy atom. The lowest BCUT2D eigenvalue weighted by molar-refractivity contribution is 1.07. The average molecular weight is 662 g/mol. The molecule has 0 amide bonds. The fourth-order valence-electron chi connectivity index (χ4n) is 7.51. The van der Waals surface area contributed by atoms with Gasteiger partial charge in [0.15, 0.2) is 17.5 Å². The van der Waals surface area contributed by atoms with E-state index in [2.05, 4.69) is 127 Å². The van der Waals surface area contributed by atoms with Crippen LogP contribution in [0.3, 0.4) is 0 Å². The maximum absolute atomic E-state index is 4.88. The first-order chi connectivity index (χ1) is 25.8. The molecule has 0 aliphatic heterocycles. The Balaban J connectivity index is 0.914. The van der Waals surface area contributed by atoms with Crippen molar-refractivity contribution in [1.82, 2.24) is 15.0 Å². The molecule has 0 radical (unpaired) electrons. The Morgan fingerprint density at radius 3 is 1.04 bits per heavy atom. The highest BCUT2D eigenvalue weighted by molar-refractivity contribution is 6.18. The largest absolute Gasteiger partial charge is 0.208 e. The van der Waals surface area contributed by atoms with E-state index in [1.165, 1.54) is 55.3 Å². The van der Waals surface area contributed by atoms with Gasteiger partial charge in [0.1, 0.15) is 0 Å². The van der Waals surface area contributed by atoms with Crippen molar-refractivity contribution in [3.63, 3.8) is 0 Å². The lowest BCUT2D eigenvalue weighted by Crippen LogP contribution is -2.00. The highest BCUT2D eigenvalue weighted by atomic mass is 15.0. The number of aromatic nitrogens is 3. The molecule has 1 aliphatic carbocycles. The van der Waals surface area contributed by atoms with E-state index in [0.29, 0.717) is 17.5 Å². The van der Waals surface area contributed by atoms with Crippen LogP contribution < -0.4 is 0 Å². The van der Waals surface area contributed by atoms with Gasteiger partial charge in [0.25, 0.3) is 0 Å². The highest BCUT2D eigenvalue weighted by Gasteiger charge is 2.22. The van der Waals surface area contributed by atoms with Gasteiger partial charge in [0.2, 0.25) is 0 Å². The Bertz CT molecular complexity index is 2650. The molecule has 1 aliphatic rings. The van der Waals surface area contributed by atoms with Crippen LogP contribution in [0.5, 0.6) is 0 Å². The summed E-state index contributed by atoms with van der Waals surface area (Å²) in [5.41, 5.74) is 15.4. The van der Waals surface area contributed by atoms with Gasteiger partial charge in [-0.1, -0.05) is 188 Å². The molecule has 242 valence electrons. The van der Waals surface area contributed by atoms with E-state index in [4.69, 9.17) is 15.0 Å². The van der Waals surface area contributed by atoms with Crippen LogP contribution in [0.1, 0.15) is 0 Å². The minimum atomic E-state index is 0.653. The molecular formula is C49H31N3. The van der Waals surface area contributed by atoms with Crippen LogP contribution in [0.4, 0.5) is 0 Å². The molecular weight excluding hydrogens is 631 g/mol. The molecule has 1 aromatic heterocycles. The molecule has 9 aromatic rings. The molecule has 3 heteroatoms. The molecule has 0 fully saturated rings. The first-order valence-electron chi connectivity index (χ1n) is 17.6. The smallest absolute Gasteiger partial charge is 0.164 e. The van der Waals surface area contributed by atoms with E-state index < -0.39 is 0 Å². The van der Waals surface area contributed by atoms with Gasteiger partial charge >= 0.3 is 0 Å². The van der Waals surface area contributed by atoms with Gasteiger partial charge in [-0.3, -0.25) is 0 Å². The Hall–Kier alpha value is -6.97. The average Bonchev–Trinajstić information content (AvgIpc) is 3.56. The van der Waals surface area contributed by atoms with Gasteiger partial charge in [-0.15, -0.1) is 0 Å². The number of nitrogens with zero attached hydrogens (tertiary/aromatic N) is 3. The molecule has 0 saturated carbocycles. The van der Waals surface area contributed by atoms with E-state index in [0.717, 1.165) is 27.8 Å². The fraction of sp³-hybridized carbons (Fsp3) is 0. The third kappa shape index (κ3) is 5.19. The summed E-state index contributed by atoms with van der Waals surface area (Å²) < 4.78 is 0. The molecule has 10 rings (SSSR count). The molecule has 0 spiro atoms. The van der Waals surface area contributed by atoms with E-state index in [9.17, 15) is 0 Å². The quantitative estimate of drug-likeness (QED) is 0.178. The van der Waals surface area contributed by atoms with Crippen molar-refractivity contribution in [2.24, 2.45) is 0 Å². The maximum atomic E-state index is 4.88. The van der Waals surface area contributed by atoms with Crippen molar-refractivity contribution >= 4 is 10.8 Å². The lowest BCUT2D eigenvalue weighted by atomic mass is 9.93. The second kappa shape index (κ2) is 12.4. The van der Waals surface area contributed by atoms with Crippen LogP contribution in [0.15, 0.2) is 188 Å². The van der Waals surface area contributed by atoms with Crippen LogP contribution in [-0.2, 0) is 0 Å². The second-order valence-corrected chi connectivity index (χ2v) is 13.2. The zero-order chi connectivity index (χ0) is 34.4. The Kier molecular flexibility index (Phi) is 7.14. The van der Waals surface area contributed by atoms with Crippen molar-refractivity contribution in [2.75, 3.05) is 0 Å². The van der Waals surface area contributed by atoms with Gasteiger partial charge in [0.05, 0.1) is 0 Å². The van der Waals surface area contributed by atoms with Crippen LogP contribution in [0, 0.1) is 0 Å². The van der Waals surface area contributed by atoms with Crippen molar-refractivity contribution in [2.45, 2.75) is 0 Å². The molecule has 0 unspecified atom stereocenters. The normalized spacial score (nSPS) is 11.5. The first kappa shape index (κ1) is 29.9. The molecule has 0 N–H and O–H groups in total. The van der Waals surface area contributed by atoms with Crippen LogP contribution >= 0.6 is 0 Å². The second-order valence-electron chi connectivity index (χ2n) is 13.2. The third-order valence-corrected chi connectivity index (χ3v) is 10.1. The van der Waals surface area contributed by atoms with Gasteiger partial charge in [-0.05, 0) is 66.4 Å². The summed E-state index contributed by atoms with van der Waals surface area (Å²) in [6.45, 7) is 0. The summed E-state index contributed by atoms with van der Waals surface area (Å²) in [5, 5.41) is 2.66. The van der Waals surface area contributed by atoms with Gasteiger partial charge in [0, 0.05) is 16.7 Å². The highest BCUT2D eigenvalue weighted by Crippen LogP contribution is 2.49. The SMILES string of the molecule is c1ccc(-c2nc(-c3ccccc3)nc(-c3ccc(-c4ccc(-c5ccc(-c6ccc7c8c(cccc68)-c6ccccc6-7)cc5)cc4)cc3)n2)cc1. The maximum Gasteiger partial charge on any atom is 0.164 e. The standard InChI is InChI=1S/C49H31N3/c1-3-10-37(11-4-1)47-50-48(38-12-5-2-6-13-38)52-49(51-47)39-28-24-35(25-29-39)33-20-18-32(19-21-33)34-22-26-36(27-23-34)40-30-31-45-42-15-8-7-14-41(42)44-17-9-16-43(40)46(44)45/h1-31H. The van der Waals surface area contributed by atoms with E-state index in [1.54, 1.807) is 0 Å². The molecule has 0 bridgehead atoms. The predicted octanol–water partition coefficient (Wildman–Crippen LogP) is 12.7. The number of hydrogen-bond acceptors (Lipinski definition) is 3. The summed E-state index contributed by atoms with van der Waals surface area (Å²) >= 11 is 0. The molecule has 52 heavy (non-hydrogen) atoms. The van der Waals surface area contributed by atoms with E-state index in [1.807, 2.05) is 60.7 Å². The van der Waals surface area contributed by atoms with Gasteiger partial charge in [-0.2, -0.15) is 0 Å². The summed E-state index contributed by atoms with van der Waals surface area (Å²) in [7, 11) is 0. The van der Waals surface area contributed by atoms with Crippen LogP contribution in [0.2, 0.25) is 0 Å². The van der Waals surface area contributed by atoms with Crippen LogP contribution in [0.25, 0.3) is 101 Å². The Morgan fingerprint density at radius 2 is 0.558 bits per heavy atom. The molecule has 0 saturated heterocycles. The zero-order valence-corrected chi connectivity index (χ0v) is 28.2. The minimum absolute atomic E-state index is 0.653. The Labute approximate surface area is 302 Å². The minimum Gasteiger partial charge on any atom is -0.208 e. The summed E-state index contributed by atoms with van der Waals surface area (Å²) in [6.07, 6.45) is 0. The monoisotopic (exact) mass is 661 g/mol. The summed E-state index contributed by atoms with van der Waals surface area (Å²) in [6, 6.07) is 66.4. The van der Waals surface area contributed by atoms with Crippen molar-refractivity contribution in [3.8, 4) is 89.8 Å². The van der Waals surface area contributed by atoms with Crippen molar-refractivity contribution < 1.29 is 0 Å². The summed E-state index contributed by atoms with van der Waals surface area (Å²) in [5.74, 6) is 1.97. The van der Waals surface area contributed by atoms with Crippen molar-refractivity contribution in [3.05, 3.63) is 188 Å². The topological polar surface area (TPSA) is 38.7 Å². The summed E-state index contributed by atoms with van der Waals surface area (Å²) in [4.78, 5) is 14.6. The van der Waals surface area contributed by atoms with Gasteiger partial charge < -0.3 is 0 Å². The van der Waals surface area contributed by atoms with E-state index in [-0.39, 0.29) is 0 Å². The molecule has 1 heterocycles. The number of fused-ring (bicyclic) bond motifs is 3. The number of hydrogen-bond donors (Lipinski definition) is 0. The zero-order valence-electron chi connectivity index (χ0n) is 28.2. The number of benzene rings is 8. The van der Waals surface area contributed by atoms with Gasteiger partial charge in [-0.25, -0.2) is 15.0 Å². The predicted molar refractivity (Wildman–Crippen MR) is 214 cm³/mol. The molecule has 8 aromatic carbocycles. The molecule has 0 atom stereocenters. The lowest BCUT2D eigenvalue weighted by Gasteiger charge is -2.11. The number of rotatable bonds is 6.